The summed E-state index contributed by atoms with van der Waals surface area (Å²) >= 11 is 0. The molecule has 0 bridgehead atoms. The number of phenolic OH excluding ortho intramolecular Hbond substituents is 2. The van der Waals surface area contributed by atoms with Crippen LogP contribution in [0, 0.1) is 0 Å². The van der Waals surface area contributed by atoms with Crippen molar-refractivity contribution in [2.24, 2.45) is 0 Å². The molecule has 144 valence electrons. The summed E-state index contributed by atoms with van der Waals surface area (Å²) in [5.74, 6) is -2.41. The van der Waals surface area contributed by atoms with E-state index in [1.54, 1.807) is 39.0 Å². The van der Waals surface area contributed by atoms with E-state index < -0.39 is 29.6 Å². The van der Waals surface area contributed by atoms with Gasteiger partial charge < -0.3 is 20.3 Å². The highest BCUT2D eigenvalue weighted by molar-refractivity contribution is 6.04. The summed E-state index contributed by atoms with van der Waals surface area (Å²) < 4.78 is 5.01. The largest absolute Gasteiger partial charge is 0.507 e. The smallest absolute Gasteiger partial charge is 0.342 e. The van der Waals surface area contributed by atoms with Crippen LogP contribution in [0.25, 0.3) is 10.8 Å². The van der Waals surface area contributed by atoms with Crippen molar-refractivity contribution in [2.45, 2.75) is 39.3 Å². The van der Waals surface area contributed by atoms with Crippen molar-refractivity contribution >= 4 is 28.7 Å². The third-order valence-corrected chi connectivity index (χ3v) is 3.59. The molecule has 0 saturated carbocycles. The number of esters is 1. The number of rotatable bonds is 3. The molecule has 1 atom stereocenters. The van der Waals surface area contributed by atoms with Crippen molar-refractivity contribution in [3.63, 3.8) is 0 Å². The topological polar surface area (TPSA) is 125 Å². The van der Waals surface area contributed by atoms with Gasteiger partial charge in [0.05, 0.1) is 0 Å². The fourth-order valence-corrected chi connectivity index (χ4v) is 2.36. The van der Waals surface area contributed by atoms with Crippen LogP contribution < -0.4 is 10.6 Å². The van der Waals surface area contributed by atoms with Gasteiger partial charge in [0, 0.05) is 16.3 Å². The number of nitrogens with one attached hydrogen (secondary N) is 2. The zero-order valence-corrected chi connectivity index (χ0v) is 15.5. The van der Waals surface area contributed by atoms with Crippen LogP contribution in [0.2, 0.25) is 0 Å². The number of benzene rings is 2. The Labute approximate surface area is 156 Å². The Bertz CT molecular complexity index is 901. The molecule has 0 aliphatic heterocycles. The van der Waals surface area contributed by atoms with Gasteiger partial charge in [0.25, 0.3) is 5.91 Å². The third kappa shape index (κ3) is 4.87. The van der Waals surface area contributed by atoms with Gasteiger partial charge in [0.2, 0.25) is 0 Å². The first-order chi connectivity index (χ1) is 12.5. The van der Waals surface area contributed by atoms with E-state index in [1.807, 2.05) is 0 Å². The van der Waals surface area contributed by atoms with Crippen LogP contribution in [0.3, 0.4) is 0 Å². The number of urea groups is 1. The second kappa shape index (κ2) is 7.53. The van der Waals surface area contributed by atoms with Gasteiger partial charge in [-0.25, -0.2) is 9.59 Å². The number of phenols is 2. The summed E-state index contributed by atoms with van der Waals surface area (Å²) in [4.78, 5) is 36.0. The number of hydrogen-bond acceptors (Lipinski definition) is 6. The molecule has 8 nitrogen and oxygen atoms in total. The van der Waals surface area contributed by atoms with Crippen LogP contribution in [-0.4, -0.2) is 39.8 Å². The molecule has 0 heterocycles. The van der Waals surface area contributed by atoms with E-state index in [0.29, 0.717) is 5.39 Å². The van der Waals surface area contributed by atoms with E-state index in [2.05, 4.69) is 10.6 Å². The van der Waals surface area contributed by atoms with Crippen molar-refractivity contribution in [1.29, 1.82) is 0 Å². The second-order valence-corrected chi connectivity index (χ2v) is 7.08. The SMILES string of the molecule is C[C@@H](OC(=O)c1cc(O)c2ccccc2c1O)C(=O)NC(=O)NC(C)(C)C. The maximum Gasteiger partial charge on any atom is 0.342 e. The molecule has 0 fully saturated rings. The summed E-state index contributed by atoms with van der Waals surface area (Å²) in [6.07, 6.45) is -1.30. The highest BCUT2D eigenvalue weighted by Crippen LogP contribution is 2.35. The fraction of sp³-hybridized carbons (Fsp3) is 0.316. The molecular weight excluding hydrogens is 352 g/mol. The number of imide groups is 1. The van der Waals surface area contributed by atoms with Gasteiger partial charge in [-0.2, -0.15) is 0 Å². The highest BCUT2D eigenvalue weighted by Gasteiger charge is 2.25. The lowest BCUT2D eigenvalue weighted by Crippen LogP contribution is -2.50. The predicted octanol–water partition coefficient (Wildman–Crippen LogP) is 2.42. The Morgan fingerprint density at radius 1 is 1.07 bits per heavy atom. The van der Waals surface area contributed by atoms with E-state index in [-0.39, 0.29) is 22.4 Å². The first kappa shape index (κ1) is 20.0. The minimum Gasteiger partial charge on any atom is -0.507 e. The molecule has 2 aromatic rings. The fourth-order valence-electron chi connectivity index (χ4n) is 2.36. The van der Waals surface area contributed by atoms with Crippen molar-refractivity contribution in [2.75, 3.05) is 0 Å². The molecule has 8 heteroatoms. The number of ether oxygens (including phenoxy) is 1. The van der Waals surface area contributed by atoms with Gasteiger partial charge >= 0.3 is 12.0 Å². The minimum atomic E-state index is -1.30. The third-order valence-electron chi connectivity index (χ3n) is 3.59. The number of aromatic hydroxyl groups is 2. The first-order valence-corrected chi connectivity index (χ1v) is 8.27. The molecule has 4 N–H and O–H groups in total. The van der Waals surface area contributed by atoms with Crippen LogP contribution in [0.5, 0.6) is 11.5 Å². The Kier molecular flexibility index (Phi) is 5.58. The Morgan fingerprint density at radius 2 is 1.67 bits per heavy atom. The molecule has 2 rings (SSSR count). The lowest BCUT2D eigenvalue weighted by atomic mass is 10.0. The van der Waals surface area contributed by atoms with Crippen molar-refractivity contribution in [3.8, 4) is 11.5 Å². The Morgan fingerprint density at radius 3 is 2.26 bits per heavy atom. The molecular formula is C19H22N2O6. The van der Waals surface area contributed by atoms with E-state index in [9.17, 15) is 24.6 Å². The Balaban J connectivity index is 2.13. The standard InChI is InChI=1S/C19H22N2O6/c1-10(16(24)20-18(26)21-19(2,3)4)27-17(25)13-9-14(22)11-7-5-6-8-12(11)15(13)23/h5-10,22-23H,1-4H3,(H2,20,21,24,26)/t10-/m1/s1. The van der Waals surface area contributed by atoms with Gasteiger partial charge in [-0.3, -0.25) is 10.1 Å². The molecule has 0 radical (unpaired) electrons. The van der Waals surface area contributed by atoms with Crippen LogP contribution in [-0.2, 0) is 9.53 Å². The summed E-state index contributed by atoms with van der Waals surface area (Å²) in [7, 11) is 0. The zero-order valence-electron chi connectivity index (χ0n) is 15.5. The van der Waals surface area contributed by atoms with Crippen molar-refractivity contribution < 1.29 is 29.3 Å². The monoisotopic (exact) mass is 374 g/mol. The average molecular weight is 374 g/mol. The number of fused-ring (bicyclic) bond motifs is 1. The summed E-state index contributed by atoms with van der Waals surface area (Å²) in [5.41, 5.74) is -0.830. The van der Waals surface area contributed by atoms with Gasteiger partial charge in [0.15, 0.2) is 6.10 Å². The molecule has 0 aliphatic rings. The molecule has 0 saturated heterocycles. The maximum absolute atomic E-state index is 12.3. The van der Waals surface area contributed by atoms with Crippen LogP contribution in [0.1, 0.15) is 38.1 Å². The second-order valence-electron chi connectivity index (χ2n) is 7.08. The van der Waals surface area contributed by atoms with Gasteiger partial charge in [-0.1, -0.05) is 24.3 Å². The van der Waals surface area contributed by atoms with E-state index >= 15 is 0 Å². The van der Waals surface area contributed by atoms with Gasteiger partial charge in [-0.15, -0.1) is 0 Å². The molecule has 27 heavy (non-hydrogen) atoms. The van der Waals surface area contributed by atoms with Crippen LogP contribution >= 0.6 is 0 Å². The van der Waals surface area contributed by atoms with Gasteiger partial charge in [-0.05, 0) is 33.8 Å². The van der Waals surface area contributed by atoms with Crippen LogP contribution in [0.4, 0.5) is 4.79 Å². The normalized spacial score (nSPS) is 12.3. The summed E-state index contributed by atoms with van der Waals surface area (Å²) in [6.45, 7) is 6.52. The van der Waals surface area contributed by atoms with E-state index in [4.69, 9.17) is 4.74 Å². The average Bonchev–Trinajstić information content (AvgIpc) is 2.56. The molecule has 0 unspecified atom stereocenters. The molecule has 0 aromatic heterocycles. The maximum atomic E-state index is 12.3. The first-order valence-electron chi connectivity index (χ1n) is 8.27. The molecule has 3 amide bonds. The lowest BCUT2D eigenvalue weighted by Gasteiger charge is -2.21. The Hall–Kier alpha value is -3.29. The number of carbonyl (C=O) groups is 3. The summed E-state index contributed by atoms with van der Waals surface area (Å²) in [5, 5.41) is 25.6. The summed E-state index contributed by atoms with van der Waals surface area (Å²) in [6, 6.07) is 6.78. The number of carbonyl (C=O) groups excluding carboxylic acids is 3. The van der Waals surface area contributed by atoms with Crippen LogP contribution in [0.15, 0.2) is 30.3 Å². The lowest BCUT2D eigenvalue weighted by molar-refractivity contribution is -0.127. The molecule has 0 aliphatic carbocycles. The molecule has 2 aromatic carbocycles. The number of hydrogen-bond donors (Lipinski definition) is 4. The van der Waals surface area contributed by atoms with E-state index in [1.165, 1.54) is 13.0 Å². The van der Waals surface area contributed by atoms with E-state index in [0.717, 1.165) is 6.07 Å². The van der Waals surface area contributed by atoms with Crippen molar-refractivity contribution in [1.82, 2.24) is 10.6 Å². The molecule has 0 spiro atoms. The predicted molar refractivity (Wildman–Crippen MR) is 98.6 cm³/mol. The quantitative estimate of drug-likeness (QED) is 0.483. The highest BCUT2D eigenvalue weighted by atomic mass is 16.5. The number of amides is 3. The van der Waals surface area contributed by atoms with Gasteiger partial charge in [0.1, 0.15) is 17.1 Å². The minimum absolute atomic E-state index is 0.211. The van der Waals surface area contributed by atoms with Crippen molar-refractivity contribution in [3.05, 3.63) is 35.9 Å². The zero-order chi connectivity index (χ0) is 20.4.